The smallest absolute Gasteiger partial charge is 0.246 e. The van der Waals surface area contributed by atoms with E-state index in [-0.39, 0.29) is 48.7 Å². The van der Waals surface area contributed by atoms with Crippen LogP contribution in [0.15, 0.2) is 65.6 Å². The van der Waals surface area contributed by atoms with Gasteiger partial charge >= 0.3 is 0 Å². The fraction of sp³-hybridized carbons (Fsp3) is 0.333. The fourth-order valence-corrected chi connectivity index (χ4v) is 7.14. The summed E-state index contributed by atoms with van der Waals surface area (Å²) in [6.07, 6.45) is -0.619. The van der Waals surface area contributed by atoms with Gasteiger partial charge in [0.15, 0.2) is 0 Å². The summed E-state index contributed by atoms with van der Waals surface area (Å²) >= 11 is 12.3. The number of carbonyl (C=O) groups is 2. The highest BCUT2D eigenvalue weighted by Gasteiger charge is 2.51. The molecule has 2 unspecified atom stereocenters. The normalized spacial score (nSPS) is 21.1. The van der Waals surface area contributed by atoms with E-state index >= 15 is 0 Å². The Morgan fingerprint density at radius 1 is 0.946 bits per heavy atom. The van der Waals surface area contributed by atoms with Crippen LogP contribution in [0, 0.1) is 0 Å². The van der Waals surface area contributed by atoms with Crippen LogP contribution in [0.5, 0.6) is 0 Å². The first-order valence-corrected chi connectivity index (χ1v) is 14.3. The first-order chi connectivity index (χ1) is 17.6. The number of benzene rings is 3. The molecule has 3 aromatic carbocycles. The first-order valence-electron chi connectivity index (χ1n) is 12.1. The van der Waals surface area contributed by atoms with Gasteiger partial charge in [-0.25, -0.2) is 8.42 Å². The van der Waals surface area contributed by atoms with Crippen LogP contribution in [0.25, 0.3) is 10.8 Å². The van der Waals surface area contributed by atoms with E-state index in [9.17, 15) is 18.0 Å². The highest BCUT2D eigenvalue weighted by Crippen LogP contribution is 2.33. The number of hydrogen-bond acceptors (Lipinski definition) is 4. The molecule has 2 saturated heterocycles. The van der Waals surface area contributed by atoms with E-state index in [1.54, 1.807) is 41.3 Å². The molecule has 2 amide bonds. The molecule has 2 aliphatic rings. The largest absolute Gasteiger partial charge is 0.335 e. The molecule has 5 rings (SSSR count). The molecule has 2 atom stereocenters. The highest BCUT2D eigenvalue weighted by molar-refractivity contribution is 7.89. The number of fused-ring (bicyclic) bond motifs is 2. The Bertz CT molecular complexity index is 1490. The predicted octanol–water partition coefficient (Wildman–Crippen LogP) is 4.56. The Labute approximate surface area is 226 Å². The third-order valence-electron chi connectivity index (χ3n) is 7.12. The van der Waals surface area contributed by atoms with Crippen LogP contribution in [0.2, 0.25) is 10.0 Å². The quantitative estimate of drug-likeness (QED) is 0.459. The van der Waals surface area contributed by atoms with Crippen molar-refractivity contribution in [1.29, 1.82) is 0 Å². The summed E-state index contributed by atoms with van der Waals surface area (Å²) in [5.41, 5.74) is 0.736. The van der Waals surface area contributed by atoms with Gasteiger partial charge in [-0.05, 0) is 54.4 Å². The monoisotopic (exact) mass is 559 g/mol. The Balaban J connectivity index is 1.55. The van der Waals surface area contributed by atoms with Crippen LogP contribution in [0.1, 0.15) is 25.8 Å². The highest BCUT2D eigenvalue weighted by atomic mass is 35.5. The van der Waals surface area contributed by atoms with E-state index in [4.69, 9.17) is 23.2 Å². The zero-order valence-electron chi connectivity index (χ0n) is 20.5. The lowest BCUT2D eigenvalue weighted by Gasteiger charge is -2.52. The maximum Gasteiger partial charge on any atom is 0.246 e. The molecule has 2 fully saturated rings. The molecule has 0 radical (unpaired) electrons. The summed E-state index contributed by atoms with van der Waals surface area (Å²) in [6, 6.07) is 16.7. The molecule has 7 nitrogen and oxygen atoms in total. The second-order valence-electron chi connectivity index (χ2n) is 9.71. The summed E-state index contributed by atoms with van der Waals surface area (Å²) in [5.74, 6) is -0.451. The zero-order chi connectivity index (χ0) is 26.5. The molecule has 0 bridgehead atoms. The van der Waals surface area contributed by atoms with Crippen LogP contribution in [-0.4, -0.2) is 65.7 Å². The third kappa shape index (κ3) is 4.72. The van der Waals surface area contributed by atoms with Crippen LogP contribution in [0.3, 0.4) is 0 Å². The van der Waals surface area contributed by atoms with Crippen molar-refractivity contribution >= 4 is 55.8 Å². The predicted molar refractivity (Wildman–Crippen MR) is 144 cm³/mol. The lowest BCUT2D eigenvalue weighted by molar-refractivity contribution is -0.166. The molecule has 194 valence electrons. The molecule has 10 heteroatoms. The molecule has 2 aliphatic heterocycles. The summed E-state index contributed by atoms with van der Waals surface area (Å²) in [6.45, 7) is 3.93. The zero-order valence-corrected chi connectivity index (χ0v) is 22.8. The number of hydrogen-bond donors (Lipinski definition) is 0. The van der Waals surface area contributed by atoms with Crippen molar-refractivity contribution in [2.75, 3.05) is 13.1 Å². The molecule has 0 N–H and O–H groups in total. The van der Waals surface area contributed by atoms with Crippen LogP contribution in [-0.2, 0) is 26.0 Å². The van der Waals surface area contributed by atoms with Gasteiger partial charge < -0.3 is 9.80 Å². The van der Waals surface area contributed by atoms with Gasteiger partial charge in [-0.15, -0.1) is 0 Å². The minimum Gasteiger partial charge on any atom is -0.335 e. The van der Waals surface area contributed by atoms with Gasteiger partial charge in [0.25, 0.3) is 0 Å². The van der Waals surface area contributed by atoms with E-state index in [2.05, 4.69) is 0 Å². The lowest BCUT2D eigenvalue weighted by Crippen LogP contribution is -2.72. The van der Waals surface area contributed by atoms with Gasteiger partial charge in [0, 0.05) is 25.4 Å². The SMILES string of the molecule is CC(C)N1CC2N(C(=O)CCN2S(=O)(=O)c2ccc3ccccc3c2)C(Cc2ccc(Cl)c(Cl)c2)C1=O. The molecule has 3 aromatic rings. The second kappa shape index (κ2) is 9.91. The van der Waals surface area contributed by atoms with E-state index in [0.717, 1.165) is 16.3 Å². The number of halogens is 2. The van der Waals surface area contributed by atoms with Gasteiger partial charge in [0.1, 0.15) is 12.2 Å². The average Bonchev–Trinajstić information content (AvgIpc) is 2.87. The number of piperazine rings is 1. The fourth-order valence-electron chi connectivity index (χ4n) is 5.21. The Morgan fingerprint density at radius 2 is 1.68 bits per heavy atom. The molecule has 0 aliphatic carbocycles. The van der Waals surface area contributed by atoms with Gasteiger partial charge in [-0.3, -0.25) is 9.59 Å². The molecule has 2 heterocycles. The summed E-state index contributed by atoms with van der Waals surface area (Å²) < 4.78 is 29.3. The molecule has 0 aromatic heterocycles. The van der Waals surface area contributed by atoms with Crippen LogP contribution >= 0.6 is 23.2 Å². The van der Waals surface area contributed by atoms with Gasteiger partial charge in [0.2, 0.25) is 21.8 Å². The van der Waals surface area contributed by atoms with Crippen LogP contribution < -0.4 is 0 Å². The Morgan fingerprint density at radius 3 is 2.38 bits per heavy atom. The number of amides is 2. The first kappa shape index (κ1) is 26.0. The minimum absolute atomic E-state index is 0.00383. The minimum atomic E-state index is -3.96. The molecular weight excluding hydrogens is 533 g/mol. The molecule has 37 heavy (non-hydrogen) atoms. The third-order valence-corrected chi connectivity index (χ3v) is 9.75. The van der Waals surface area contributed by atoms with Crippen molar-refractivity contribution < 1.29 is 18.0 Å². The maximum absolute atomic E-state index is 14.0. The van der Waals surface area contributed by atoms with E-state index in [1.807, 2.05) is 38.1 Å². The molecule has 0 saturated carbocycles. The van der Waals surface area contributed by atoms with Gasteiger partial charge in [-0.1, -0.05) is 59.6 Å². The molecular formula is C27H27Cl2N3O4S. The van der Waals surface area contributed by atoms with E-state index in [0.29, 0.717) is 10.0 Å². The maximum atomic E-state index is 14.0. The summed E-state index contributed by atoms with van der Waals surface area (Å²) in [5, 5.41) is 2.50. The van der Waals surface area contributed by atoms with Crippen molar-refractivity contribution in [2.24, 2.45) is 0 Å². The summed E-state index contributed by atoms with van der Waals surface area (Å²) in [4.78, 5) is 30.1. The average molecular weight is 561 g/mol. The standard InChI is InChI=1S/C27H27Cl2N3O4S/c1-17(2)30-16-25-31(37(35,36)21-9-8-19-5-3-4-6-20(19)15-21)12-11-26(33)32(25)24(27(30)34)14-18-7-10-22(28)23(29)13-18/h3-10,13,15,17,24-25H,11-12,14,16H2,1-2H3. The van der Waals surface area contributed by atoms with Crippen molar-refractivity contribution in [2.45, 2.75) is 49.8 Å². The number of rotatable bonds is 5. The topological polar surface area (TPSA) is 78.0 Å². The summed E-state index contributed by atoms with van der Waals surface area (Å²) in [7, 11) is -3.96. The Hall–Kier alpha value is -2.65. The van der Waals surface area contributed by atoms with Crippen LogP contribution in [0.4, 0.5) is 0 Å². The number of nitrogens with zero attached hydrogens (tertiary/aromatic N) is 3. The van der Waals surface area contributed by atoms with E-state index in [1.165, 1.54) is 9.21 Å². The van der Waals surface area contributed by atoms with Crippen molar-refractivity contribution in [3.8, 4) is 0 Å². The Kier molecular flexibility index (Phi) is 6.96. The number of carbonyl (C=O) groups excluding carboxylic acids is 2. The van der Waals surface area contributed by atoms with Gasteiger partial charge in [-0.2, -0.15) is 4.31 Å². The lowest BCUT2D eigenvalue weighted by atomic mass is 9.97. The van der Waals surface area contributed by atoms with Gasteiger partial charge in [0.05, 0.1) is 21.5 Å². The van der Waals surface area contributed by atoms with E-state index < -0.39 is 22.2 Å². The number of sulfonamides is 1. The van der Waals surface area contributed by atoms with Crippen molar-refractivity contribution in [3.63, 3.8) is 0 Å². The molecule has 0 spiro atoms. The van der Waals surface area contributed by atoms with Crippen molar-refractivity contribution in [1.82, 2.24) is 14.1 Å². The van der Waals surface area contributed by atoms with Crippen molar-refractivity contribution in [3.05, 3.63) is 76.3 Å². The second-order valence-corrected chi connectivity index (χ2v) is 12.4.